The maximum absolute atomic E-state index is 11.2. The van der Waals surface area contributed by atoms with Gasteiger partial charge >= 0.3 is 0 Å². The third-order valence-electron chi connectivity index (χ3n) is 1.47. The van der Waals surface area contributed by atoms with Gasteiger partial charge in [-0.25, -0.2) is 0 Å². The molecule has 0 saturated heterocycles. The van der Waals surface area contributed by atoms with Crippen LogP contribution in [0.5, 0.6) is 0 Å². The van der Waals surface area contributed by atoms with Gasteiger partial charge in [0.15, 0.2) is 5.78 Å². The number of hydrogen-bond acceptors (Lipinski definition) is 4. The zero-order valence-electron chi connectivity index (χ0n) is 6.63. The van der Waals surface area contributed by atoms with Gasteiger partial charge in [0, 0.05) is 6.42 Å². The Morgan fingerprint density at radius 3 is 2.82 bits per heavy atom. The number of aromatic nitrogens is 2. The minimum absolute atomic E-state index is 0.150. The molecule has 0 unspecified atom stereocenters. The summed E-state index contributed by atoms with van der Waals surface area (Å²) in [5, 5.41) is 3.85. The Hall–Kier alpha value is -0.770. The van der Waals surface area contributed by atoms with E-state index in [1.807, 2.05) is 13.8 Å². The van der Waals surface area contributed by atoms with Crippen molar-refractivity contribution in [3.63, 3.8) is 0 Å². The van der Waals surface area contributed by atoms with Crippen molar-refractivity contribution < 1.29 is 4.79 Å². The topological polar surface area (TPSA) is 42.9 Å². The Balaban J connectivity index is 2.92. The molecule has 1 aromatic rings. The van der Waals surface area contributed by atoms with E-state index in [1.165, 1.54) is 11.5 Å². The van der Waals surface area contributed by atoms with Gasteiger partial charge in [0.05, 0.1) is 5.69 Å². The van der Waals surface area contributed by atoms with E-state index in [4.69, 9.17) is 0 Å². The van der Waals surface area contributed by atoms with Gasteiger partial charge in [0.1, 0.15) is 4.88 Å². The quantitative estimate of drug-likeness (QED) is 0.648. The zero-order valence-corrected chi connectivity index (χ0v) is 7.44. The van der Waals surface area contributed by atoms with E-state index in [2.05, 4.69) is 9.59 Å². The predicted octanol–water partition coefficient (Wildman–Crippen LogP) is 1.69. The first-order valence-electron chi connectivity index (χ1n) is 3.64. The second kappa shape index (κ2) is 3.57. The van der Waals surface area contributed by atoms with E-state index in [1.54, 1.807) is 0 Å². The first-order chi connectivity index (χ1) is 5.29. The lowest BCUT2D eigenvalue weighted by atomic mass is 10.2. The normalized spacial score (nSPS) is 10.0. The summed E-state index contributed by atoms with van der Waals surface area (Å²) in [4.78, 5) is 11.9. The molecule has 0 spiro atoms. The number of carbonyl (C=O) groups excluding carboxylic acids is 1. The van der Waals surface area contributed by atoms with Gasteiger partial charge in [-0.1, -0.05) is 18.3 Å². The summed E-state index contributed by atoms with van der Waals surface area (Å²) >= 11 is 1.20. The number of rotatable bonds is 3. The summed E-state index contributed by atoms with van der Waals surface area (Å²) in [6.45, 7) is 3.82. The molecule has 0 N–H and O–H groups in total. The number of aryl methyl sites for hydroxylation is 1. The van der Waals surface area contributed by atoms with E-state index >= 15 is 0 Å². The summed E-state index contributed by atoms with van der Waals surface area (Å²) in [5.74, 6) is 0.150. The van der Waals surface area contributed by atoms with Gasteiger partial charge in [-0.3, -0.25) is 4.79 Å². The lowest BCUT2D eigenvalue weighted by Gasteiger charge is -1.92. The third kappa shape index (κ3) is 1.63. The Labute approximate surface area is 69.6 Å². The maximum atomic E-state index is 11.2. The average molecular weight is 170 g/mol. The molecule has 4 heteroatoms. The molecule has 0 bridgehead atoms. The summed E-state index contributed by atoms with van der Waals surface area (Å²) in [6, 6.07) is 0. The molecule has 0 radical (unpaired) electrons. The molecule has 0 aliphatic rings. The lowest BCUT2D eigenvalue weighted by Crippen LogP contribution is -1.97. The Kier molecular flexibility index (Phi) is 2.70. The van der Waals surface area contributed by atoms with Crippen LogP contribution in [0.4, 0.5) is 0 Å². The lowest BCUT2D eigenvalue weighted by molar-refractivity contribution is 0.0991. The smallest absolute Gasteiger partial charge is 0.176 e. The Morgan fingerprint density at radius 2 is 2.27 bits per heavy atom. The van der Waals surface area contributed by atoms with Crippen LogP contribution >= 0.6 is 11.5 Å². The number of ketones is 1. The molecule has 11 heavy (non-hydrogen) atoms. The molecule has 0 saturated carbocycles. The molecule has 0 amide bonds. The van der Waals surface area contributed by atoms with E-state index in [-0.39, 0.29) is 5.78 Å². The van der Waals surface area contributed by atoms with Gasteiger partial charge in [0.2, 0.25) is 0 Å². The number of Topliss-reactive ketones (excluding diaryl/α,β-unsaturated/α-hetero) is 1. The third-order valence-corrected chi connectivity index (χ3v) is 2.27. The van der Waals surface area contributed by atoms with Crippen molar-refractivity contribution in [3.05, 3.63) is 10.6 Å². The average Bonchev–Trinajstić information content (AvgIpc) is 2.50. The van der Waals surface area contributed by atoms with Crippen molar-refractivity contribution in [1.29, 1.82) is 0 Å². The first-order valence-corrected chi connectivity index (χ1v) is 4.41. The van der Waals surface area contributed by atoms with Gasteiger partial charge in [0.25, 0.3) is 0 Å². The van der Waals surface area contributed by atoms with Crippen molar-refractivity contribution in [2.24, 2.45) is 0 Å². The van der Waals surface area contributed by atoms with Crippen LogP contribution in [0.1, 0.15) is 35.6 Å². The fraction of sp³-hybridized carbons (Fsp3) is 0.571. The molecular weight excluding hydrogens is 160 g/mol. The van der Waals surface area contributed by atoms with Crippen LogP contribution in [0.25, 0.3) is 0 Å². The van der Waals surface area contributed by atoms with Crippen LogP contribution in [0.3, 0.4) is 0 Å². The fourth-order valence-electron chi connectivity index (χ4n) is 0.812. The Bertz CT molecular complexity index is 257. The molecule has 3 nitrogen and oxygen atoms in total. The summed E-state index contributed by atoms with van der Waals surface area (Å²) in [7, 11) is 0. The predicted molar refractivity (Wildman–Crippen MR) is 43.9 cm³/mol. The molecule has 0 atom stereocenters. The molecule has 0 aliphatic heterocycles. The Morgan fingerprint density at radius 1 is 1.55 bits per heavy atom. The summed E-state index contributed by atoms with van der Waals surface area (Å²) in [5.41, 5.74) is 0.835. The van der Waals surface area contributed by atoms with Gasteiger partial charge < -0.3 is 0 Å². The SMILES string of the molecule is CCC(=O)c1snnc1CC. The molecular formula is C7H10N2OS. The summed E-state index contributed by atoms with van der Waals surface area (Å²) in [6.07, 6.45) is 1.33. The van der Waals surface area contributed by atoms with E-state index in [9.17, 15) is 4.79 Å². The van der Waals surface area contributed by atoms with E-state index in [0.717, 1.165) is 17.0 Å². The van der Waals surface area contributed by atoms with Gasteiger partial charge in [-0.15, -0.1) is 5.10 Å². The number of carbonyl (C=O) groups is 1. The van der Waals surface area contributed by atoms with Crippen molar-refractivity contribution in [2.45, 2.75) is 26.7 Å². The molecule has 0 aliphatic carbocycles. The van der Waals surface area contributed by atoms with Crippen LogP contribution in [0, 0.1) is 0 Å². The minimum Gasteiger partial charge on any atom is -0.293 e. The van der Waals surface area contributed by atoms with Crippen molar-refractivity contribution >= 4 is 17.3 Å². The maximum Gasteiger partial charge on any atom is 0.176 e. The molecule has 1 rings (SSSR count). The van der Waals surface area contributed by atoms with E-state index < -0.39 is 0 Å². The molecule has 60 valence electrons. The molecule has 0 aromatic carbocycles. The van der Waals surface area contributed by atoms with E-state index in [0.29, 0.717) is 6.42 Å². The van der Waals surface area contributed by atoms with Crippen LogP contribution in [-0.2, 0) is 6.42 Å². The van der Waals surface area contributed by atoms with Crippen molar-refractivity contribution in [2.75, 3.05) is 0 Å². The zero-order chi connectivity index (χ0) is 8.27. The highest BCUT2D eigenvalue weighted by Gasteiger charge is 2.11. The monoisotopic (exact) mass is 170 g/mol. The second-order valence-electron chi connectivity index (χ2n) is 2.18. The summed E-state index contributed by atoms with van der Waals surface area (Å²) < 4.78 is 3.73. The molecule has 0 fully saturated rings. The molecule has 1 heterocycles. The first kappa shape index (κ1) is 8.33. The van der Waals surface area contributed by atoms with Crippen LogP contribution in [-0.4, -0.2) is 15.4 Å². The highest BCUT2D eigenvalue weighted by atomic mass is 32.1. The fourth-order valence-corrected chi connectivity index (χ4v) is 1.57. The standard InChI is InChI=1S/C7H10N2OS/c1-3-5-7(6(10)4-2)11-9-8-5/h3-4H2,1-2H3. The number of hydrogen-bond donors (Lipinski definition) is 0. The van der Waals surface area contributed by atoms with Crippen molar-refractivity contribution in [3.8, 4) is 0 Å². The number of nitrogens with zero attached hydrogens (tertiary/aromatic N) is 2. The largest absolute Gasteiger partial charge is 0.293 e. The van der Waals surface area contributed by atoms with Gasteiger partial charge in [-0.2, -0.15) is 0 Å². The second-order valence-corrected chi connectivity index (χ2v) is 2.93. The van der Waals surface area contributed by atoms with Gasteiger partial charge in [-0.05, 0) is 18.0 Å². The highest BCUT2D eigenvalue weighted by molar-refractivity contribution is 7.08. The van der Waals surface area contributed by atoms with Crippen LogP contribution in [0.15, 0.2) is 0 Å². The van der Waals surface area contributed by atoms with Crippen LogP contribution < -0.4 is 0 Å². The van der Waals surface area contributed by atoms with Crippen LogP contribution in [0.2, 0.25) is 0 Å². The highest BCUT2D eigenvalue weighted by Crippen LogP contribution is 2.12. The minimum atomic E-state index is 0.150. The molecule has 1 aromatic heterocycles. The van der Waals surface area contributed by atoms with Crippen molar-refractivity contribution in [1.82, 2.24) is 9.59 Å².